The predicted octanol–water partition coefficient (Wildman–Crippen LogP) is 3.04. The number of hydrogen-bond donors (Lipinski definition) is 1. The fourth-order valence-corrected chi connectivity index (χ4v) is 1.78. The molecule has 0 aliphatic rings. The highest BCUT2D eigenvalue weighted by Gasteiger charge is 2.07. The molecule has 5 heteroatoms. The van der Waals surface area contributed by atoms with Crippen molar-refractivity contribution in [2.45, 2.75) is 26.7 Å². The van der Waals surface area contributed by atoms with Crippen LogP contribution in [0, 0.1) is 5.92 Å². The average molecular weight is 220 g/mol. The standard InChI is InChI=1S/C8H14ClN3S/c1-3-6(4-2)5-10-8-7(9)11-13-12-8/h6H,3-5H2,1-2H3,(H,10,12). The van der Waals surface area contributed by atoms with Crippen molar-refractivity contribution in [2.75, 3.05) is 11.9 Å². The highest BCUT2D eigenvalue weighted by molar-refractivity contribution is 6.99. The lowest BCUT2D eigenvalue weighted by Crippen LogP contribution is -2.12. The lowest BCUT2D eigenvalue weighted by molar-refractivity contribution is 0.518. The minimum atomic E-state index is 0.482. The van der Waals surface area contributed by atoms with Crippen molar-refractivity contribution in [3.63, 3.8) is 0 Å². The summed E-state index contributed by atoms with van der Waals surface area (Å²) in [5, 5.41) is 3.68. The van der Waals surface area contributed by atoms with Crippen LogP contribution < -0.4 is 5.32 Å². The van der Waals surface area contributed by atoms with Gasteiger partial charge in [0.05, 0.1) is 11.7 Å². The number of nitrogens with one attached hydrogen (secondary N) is 1. The summed E-state index contributed by atoms with van der Waals surface area (Å²) in [6.07, 6.45) is 2.36. The lowest BCUT2D eigenvalue weighted by Gasteiger charge is -2.12. The SMILES string of the molecule is CCC(CC)CNc1nsnc1Cl. The fourth-order valence-electron chi connectivity index (χ4n) is 1.10. The summed E-state index contributed by atoms with van der Waals surface area (Å²) in [4.78, 5) is 0. The number of halogens is 1. The Balaban J connectivity index is 2.38. The van der Waals surface area contributed by atoms with Gasteiger partial charge >= 0.3 is 0 Å². The molecule has 0 aliphatic carbocycles. The van der Waals surface area contributed by atoms with Gasteiger partial charge in [0.1, 0.15) is 0 Å². The molecule has 1 rings (SSSR count). The summed E-state index contributed by atoms with van der Waals surface area (Å²) in [5.41, 5.74) is 0. The van der Waals surface area contributed by atoms with Crippen molar-refractivity contribution >= 4 is 29.1 Å². The first-order chi connectivity index (χ1) is 6.27. The van der Waals surface area contributed by atoms with Gasteiger partial charge < -0.3 is 5.32 Å². The molecule has 0 aromatic carbocycles. The third-order valence-corrected chi connectivity index (χ3v) is 3.05. The molecule has 0 radical (unpaired) electrons. The first kappa shape index (κ1) is 10.7. The average Bonchev–Trinajstić information content (AvgIpc) is 2.54. The summed E-state index contributed by atoms with van der Waals surface area (Å²) in [6, 6.07) is 0. The van der Waals surface area contributed by atoms with Crippen LogP contribution in [0.4, 0.5) is 5.82 Å². The first-order valence-electron chi connectivity index (χ1n) is 4.49. The van der Waals surface area contributed by atoms with Crippen molar-refractivity contribution in [2.24, 2.45) is 5.92 Å². The zero-order valence-corrected chi connectivity index (χ0v) is 9.45. The lowest BCUT2D eigenvalue weighted by atomic mass is 10.0. The third kappa shape index (κ3) is 3.12. The van der Waals surface area contributed by atoms with Crippen LogP contribution in [0.5, 0.6) is 0 Å². The summed E-state index contributed by atoms with van der Waals surface area (Å²) >= 11 is 6.92. The van der Waals surface area contributed by atoms with E-state index < -0.39 is 0 Å². The number of aromatic nitrogens is 2. The van der Waals surface area contributed by atoms with Gasteiger partial charge in [0, 0.05) is 6.54 Å². The quantitative estimate of drug-likeness (QED) is 0.827. The predicted molar refractivity (Wildman–Crippen MR) is 57.5 cm³/mol. The second kappa shape index (κ2) is 5.40. The normalized spacial score (nSPS) is 10.8. The van der Waals surface area contributed by atoms with Crippen LogP contribution in [-0.4, -0.2) is 15.3 Å². The van der Waals surface area contributed by atoms with Crippen LogP contribution >= 0.6 is 23.3 Å². The molecule has 1 aromatic rings. The van der Waals surface area contributed by atoms with Gasteiger partial charge in [0.25, 0.3) is 0 Å². The zero-order valence-electron chi connectivity index (χ0n) is 7.88. The molecule has 1 N–H and O–H groups in total. The number of anilines is 1. The summed E-state index contributed by atoms with van der Waals surface area (Å²) in [7, 11) is 0. The molecule has 1 aromatic heterocycles. The van der Waals surface area contributed by atoms with Gasteiger partial charge in [0.15, 0.2) is 11.0 Å². The Morgan fingerprint density at radius 3 is 2.54 bits per heavy atom. The maximum atomic E-state index is 5.78. The Morgan fingerprint density at radius 2 is 2.08 bits per heavy atom. The van der Waals surface area contributed by atoms with E-state index in [0.29, 0.717) is 11.1 Å². The molecule has 0 aliphatic heterocycles. The zero-order chi connectivity index (χ0) is 9.68. The van der Waals surface area contributed by atoms with Gasteiger partial charge in [-0.1, -0.05) is 38.3 Å². The van der Waals surface area contributed by atoms with E-state index >= 15 is 0 Å². The van der Waals surface area contributed by atoms with Gasteiger partial charge in [-0.3, -0.25) is 0 Å². The molecule has 0 saturated carbocycles. The third-order valence-electron chi connectivity index (χ3n) is 2.16. The molecule has 74 valence electrons. The number of hydrogen-bond acceptors (Lipinski definition) is 4. The Labute approximate surface area is 87.8 Å². The molecule has 13 heavy (non-hydrogen) atoms. The van der Waals surface area contributed by atoms with Crippen molar-refractivity contribution in [1.82, 2.24) is 8.75 Å². The first-order valence-corrected chi connectivity index (χ1v) is 5.60. The van der Waals surface area contributed by atoms with Crippen LogP contribution in [-0.2, 0) is 0 Å². The van der Waals surface area contributed by atoms with E-state index in [0.717, 1.165) is 24.1 Å². The van der Waals surface area contributed by atoms with Crippen LogP contribution in [0.15, 0.2) is 0 Å². The van der Waals surface area contributed by atoms with Crippen molar-refractivity contribution in [3.05, 3.63) is 5.15 Å². The van der Waals surface area contributed by atoms with Crippen molar-refractivity contribution in [1.29, 1.82) is 0 Å². The Kier molecular flexibility index (Phi) is 4.45. The smallest absolute Gasteiger partial charge is 0.186 e. The molecule has 0 amide bonds. The molecule has 0 fully saturated rings. The maximum absolute atomic E-state index is 5.78. The van der Waals surface area contributed by atoms with E-state index in [-0.39, 0.29) is 0 Å². The fraction of sp³-hybridized carbons (Fsp3) is 0.750. The molecule has 0 unspecified atom stereocenters. The summed E-state index contributed by atoms with van der Waals surface area (Å²) < 4.78 is 7.92. The largest absolute Gasteiger partial charge is 0.366 e. The summed E-state index contributed by atoms with van der Waals surface area (Å²) in [5.74, 6) is 1.41. The van der Waals surface area contributed by atoms with E-state index in [2.05, 4.69) is 27.9 Å². The van der Waals surface area contributed by atoms with Crippen LogP contribution in [0.25, 0.3) is 0 Å². The molecule has 0 spiro atoms. The van der Waals surface area contributed by atoms with Gasteiger partial charge in [-0.25, -0.2) is 0 Å². The minimum absolute atomic E-state index is 0.482. The second-order valence-electron chi connectivity index (χ2n) is 2.97. The van der Waals surface area contributed by atoms with E-state index in [1.165, 1.54) is 12.8 Å². The second-order valence-corrected chi connectivity index (χ2v) is 3.85. The summed E-state index contributed by atoms with van der Waals surface area (Å²) in [6.45, 7) is 5.31. The van der Waals surface area contributed by atoms with Crippen LogP contribution in [0.1, 0.15) is 26.7 Å². The Bertz CT molecular complexity index is 247. The van der Waals surface area contributed by atoms with E-state index in [1.807, 2.05) is 0 Å². The van der Waals surface area contributed by atoms with Gasteiger partial charge in [-0.05, 0) is 5.92 Å². The minimum Gasteiger partial charge on any atom is -0.366 e. The van der Waals surface area contributed by atoms with E-state index in [9.17, 15) is 0 Å². The number of rotatable bonds is 5. The molecule has 0 atom stereocenters. The Morgan fingerprint density at radius 1 is 1.38 bits per heavy atom. The van der Waals surface area contributed by atoms with Crippen LogP contribution in [0.3, 0.4) is 0 Å². The molecular weight excluding hydrogens is 206 g/mol. The van der Waals surface area contributed by atoms with E-state index in [1.54, 1.807) is 0 Å². The molecule has 0 bridgehead atoms. The molecule has 1 heterocycles. The van der Waals surface area contributed by atoms with Crippen LogP contribution in [0.2, 0.25) is 5.15 Å². The number of nitrogens with zero attached hydrogens (tertiary/aromatic N) is 2. The molecule has 3 nitrogen and oxygen atoms in total. The van der Waals surface area contributed by atoms with Gasteiger partial charge in [0.2, 0.25) is 0 Å². The maximum Gasteiger partial charge on any atom is 0.186 e. The molecule has 0 saturated heterocycles. The topological polar surface area (TPSA) is 37.8 Å². The Hall–Kier alpha value is -0.350. The highest BCUT2D eigenvalue weighted by atomic mass is 35.5. The van der Waals surface area contributed by atoms with Gasteiger partial charge in [-0.15, -0.1) is 0 Å². The van der Waals surface area contributed by atoms with Crippen molar-refractivity contribution < 1.29 is 0 Å². The molecular formula is C8H14ClN3S. The van der Waals surface area contributed by atoms with Crippen molar-refractivity contribution in [3.8, 4) is 0 Å². The van der Waals surface area contributed by atoms with E-state index in [4.69, 9.17) is 11.6 Å². The highest BCUT2D eigenvalue weighted by Crippen LogP contribution is 2.18. The van der Waals surface area contributed by atoms with Gasteiger partial charge in [-0.2, -0.15) is 8.75 Å². The monoisotopic (exact) mass is 219 g/mol.